The van der Waals surface area contributed by atoms with Crippen LogP contribution in [0.4, 0.5) is 13.2 Å². The Morgan fingerprint density at radius 1 is 1.38 bits per heavy atom. The highest BCUT2D eigenvalue weighted by Crippen LogP contribution is 2.29. The molecule has 1 aromatic carbocycles. The van der Waals surface area contributed by atoms with E-state index >= 15 is 0 Å². The van der Waals surface area contributed by atoms with Crippen molar-refractivity contribution in [3.05, 3.63) is 40.8 Å². The molecule has 3 N–H and O–H groups in total. The number of benzene rings is 1. The van der Waals surface area contributed by atoms with E-state index in [0.717, 1.165) is 17.8 Å². The van der Waals surface area contributed by atoms with E-state index < -0.39 is 45.0 Å². The second-order valence-corrected chi connectivity index (χ2v) is 8.65. The lowest BCUT2D eigenvalue weighted by molar-refractivity contribution is -0.135. The summed E-state index contributed by atoms with van der Waals surface area (Å²) in [4.78, 5) is 18.3. The monoisotopic (exact) mass is 468 g/mol. The van der Waals surface area contributed by atoms with Crippen LogP contribution in [-0.2, 0) is 14.6 Å². The first-order valence-electron chi connectivity index (χ1n) is 7.44. The van der Waals surface area contributed by atoms with Gasteiger partial charge in [0.1, 0.15) is 23.0 Å². The van der Waals surface area contributed by atoms with Crippen LogP contribution in [0.2, 0.25) is 0 Å². The van der Waals surface area contributed by atoms with Crippen molar-refractivity contribution in [3.8, 4) is 10.6 Å². The highest BCUT2D eigenvalue weighted by atomic mass is 35.5. The van der Waals surface area contributed by atoms with E-state index in [1.807, 2.05) is 0 Å². The van der Waals surface area contributed by atoms with Gasteiger partial charge in [0.25, 0.3) is 0 Å². The fraction of sp³-hybridized carbons (Fsp3) is 0.200. The van der Waals surface area contributed by atoms with Gasteiger partial charge in [0.15, 0.2) is 15.7 Å². The summed E-state index contributed by atoms with van der Waals surface area (Å²) in [5.74, 6) is -1.80. The number of sulfone groups is 1. The number of carboxylic acid groups (broad SMARTS) is 1. The molecule has 0 aliphatic heterocycles. The maximum atomic E-state index is 12.9. The number of aliphatic carboxylic acids is 1. The summed E-state index contributed by atoms with van der Waals surface area (Å²) in [6, 6.07) is 5.66. The maximum absolute atomic E-state index is 12.9. The second-order valence-electron chi connectivity index (χ2n) is 5.51. The van der Waals surface area contributed by atoms with Crippen LogP contribution in [0.5, 0.6) is 0 Å². The van der Waals surface area contributed by atoms with Crippen LogP contribution in [-0.4, -0.2) is 53.5 Å². The fourth-order valence-corrected chi connectivity index (χ4v) is 3.51. The molecule has 0 fully saturated rings. The standard InChI is InChI=1S/C15H12ClF3N4O4S2/c1-29(26,27)8-4-2-3-7(5-8)14-22-13(23-28-14)11(21-6-9(24)25)10(16)12(20)15(17,18)19/h2-5H,6,20H2,1H3,(H,24,25). The van der Waals surface area contributed by atoms with Crippen molar-refractivity contribution < 1.29 is 31.5 Å². The molecule has 0 bridgehead atoms. The average Bonchev–Trinajstić information content (AvgIpc) is 3.09. The smallest absolute Gasteiger partial charge is 0.432 e. The number of aromatic nitrogens is 2. The molecule has 1 heterocycles. The normalized spacial score (nSPS) is 13.9. The quantitative estimate of drug-likeness (QED) is 0.621. The highest BCUT2D eigenvalue weighted by Gasteiger charge is 2.36. The van der Waals surface area contributed by atoms with Gasteiger partial charge >= 0.3 is 12.1 Å². The molecule has 2 aromatic rings. The van der Waals surface area contributed by atoms with Gasteiger partial charge in [0.05, 0.1) is 9.93 Å². The van der Waals surface area contributed by atoms with Gasteiger partial charge in [0, 0.05) is 11.8 Å². The Bertz CT molecular complexity index is 1110. The molecule has 8 nitrogen and oxygen atoms in total. The van der Waals surface area contributed by atoms with Crippen LogP contribution in [0, 0.1) is 0 Å². The first-order chi connectivity index (χ1) is 13.3. The molecule has 0 unspecified atom stereocenters. The molecule has 0 spiro atoms. The topological polar surface area (TPSA) is 136 Å². The van der Waals surface area contributed by atoms with Crippen molar-refractivity contribution in [1.82, 2.24) is 9.36 Å². The van der Waals surface area contributed by atoms with Gasteiger partial charge in [-0.2, -0.15) is 17.5 Å². The van der Waals surface area contributed by atoms with Crippen LogP contribution in [0.25, 0.3) is 10.6 Å². The zero-order valence-electron chi connectivity index (χ0n) is 14.4. The number of carbonyl (C=O) groups is 1. The molecule has 2 rings (SSSR count). The third-order valence-corrected chi connectivity index (χ3v) is 5.53. The maximum Gasteiger partial charge on any atom is 0.432 e. The Balaban J connectivity index is 2.55. The molecule has 0 atom stereocenters. The fourth-order valence-electron chi connectivity index (χ4n) is 1.93. The summed E-state index contributed by atoms with van der Waals surface area (Å²) in [5, 5.41) is 7.87. The van der Waals surface area contributed by atoms with Crippen molar-refractivity contribution >= 4 is 44.7 Å². The van der Waals surface area contributed by atoms with Crippen LogP contribution < -0.4 is 5.73 Å². The first-order valence-corrected chi connectivity index (χ1v) is 10.5. The SMILES string of the molecule is CS(=O)(=O)c1cccc(-c2nc(C(=NCC(=O)O)C(Cl)=C(N)C(F)(F)F)ns2)c1. The lowest BCUT2D eigenvalue weighted by Gasteiger charge is -2.10. The van der Waals surface area contributed by atoms with E-state index in [1.165, 1.54) is 24.3 Å². The van der Waals surface area contributed by atoms with Crippen LogP contribution in [0.3, 0.4) is 0 Å². The number of hydrogen-bond donors (Lipinski definition) is 2. The predicted molar refractivity (Wildman–Crippen MR) is 101 cm³/mol. The molecule has 29 heavy (non-hydrogen) atoms. The number of aliphatic imine (C=N–C) groups is 1. The molecule has 1 aromatic heterocycles. The van der Waals surface area contributed by atoms with E-state index in [-0.39, 0.29) is 15.7 Å². The van der Waals surface area contributed by atoms with Crippen molar-refractivity contribution in [2.75, 3.05) is 12.8 Å². The zero-order valence-corrected chi connectivity index (χ0v) is 16.8. The van der Waals surface area contributed by atoms with Crippen molar-refractivity contribution in [2.45, 2.75) is 11.1 Å². The Morgan fingerprint density at radius 3 is 2.59 bits per heavy atom. The van der Waals surface area contributed by atoms with E-state index in [1.54, 1.807) is 0 Å². The molecule has 0 saturated carbocycles. The summed E-state index contributed by atoms with van der Waals surface area (Å²) < 4.78 is 65.8. The summed E-state index contributed by atoms with van der Waals surface area (Å²) in [6.45, 7) is -0.894. The number of halogens is 4. The Hall–Kier alpha value is -2.51. The summed E-state index contributed by atoms with van der Waals surface area (Å²) in [5.41, 5.74) is 3.00. The number of alkyl halides is 3. The van der Waals surface area contributed by atoms with Crippen molar-refractivity contribution in [3.63, 3.8) is 0 Å². The van der Waals surface area contributed by atoms with Crippen LogP contribution >= 0.6 is 23.1 Å². The largest absolute Gasteiger partial charge is 0.480 e. The number of nitrogens with zero attached hydrogens (tertiary/aromatic N) is 3. The van der Waals surface area contributed by atoms with Gasteiger partial charge in [-0.1, -0.05) is 23.7 Å². The minimum Gasteiger partial charge on any atom is -0.480 e. The Morgan fingerprint density at radius 2 is 2.03 bits per heavy atom. The second kappa shape index (κ2) is 8.47. The van der Waals surface area contributed by atoms with Gasteiger partial charge in [0.2, 0.25) is 0 Å². The van der Waals surface area contributed by atoms with E-state index in [2.05, 4.69) is 14.3 Å². The Labute approximate surface area is 171 Å². The van der Waals surface area contributed by atoms with Gasteiger partial charge in [-0.05, 0) is 23.7 Å². The summed E-state index contributed by atoms with van der Waals surface area (Å²) >= 11 is 6.43. The van der Waals surface area contributed by atoms with Crippen LogP contribution in [0.15, 0.2) is 44.9 Å². The lowest BCUT2D eigenvalue weighted by Crippen LogP contribution is -2.24. The minimum atomic E-state index is -4.98. The zero-order chi connectivity index (χ0) is 22.0. The molecule has 0 radical (unpaired) electrons. The summed E-state index contributed by atoms with van der Waals surface area (Å²) in [6.07, 6.45) is -3.97. The van der Waals surface area contributed by atoms with Gasteiger partial charge in [-0.3, -0.25) is 9.79 Å². The van der Waals surface area contributed by atoms with E-state index in [9.17, 15) is 26.4 Å². The predicted octanol–water partition coefficient (Wildman–Crippen LogP) is 2.45. The number of hydrogen-bond acceptors (Lipinski definition) is 8. The number of rotatable bonds is 6. The molecule has 14 heteroatoms. The number of carboxylic acids is 1. The number of allylic oxidation sites excluding steroid dienone is 2. The first kappa shape index (κ1) is 22.8. The third kappa shape index (κ3) is 5.74. The molecule has 0 saturated heterocycles. The van der Waals surface area contributed by atoms with E-state index in [0.29, 0.717) is 5.56 Å². The summed E-state index contributed by atoms with van der Waals surface area (Å²) in [7, 11) is -3.50. The van der Waals surface area contributed by atoms with Gasteiger partial charge in [-0.15, -0.1) is 0 Å². The molecular formula is C15H12ClF3N4O4S2. The minimum absolute atomic E-state index is 0.00534. The van der Waals surface area contributed by atoms with Gasteiger partial charge in [-0.25, -0.2) is 13.4 Å². The van der Waals surface area contributed by atoms with Gasteiger partial charge < -0.3 is 10.8 Å². The molecule has 156 valence electrons. The number of nitrogens with two attached hydrogens (primary N) is 1. The Kier molecular flexibility index (Phi) is 6.65. The lowest BCUT2D eigenvalue weighted by atomic mass is 10.2. The van der Waals surface area contributed by atoms with Crippen molar-refractivity contribution in [2.24, 2.45) is 10.7 Å². The average molecular weight is 469 g/mol. The molecular weight excluding hydrogens is 457 g/mol. The van der Waals surface area contributed by atoms with Crippen LogP contribution in [0.1, 0.15) is 5.82 Å². The molecule has 0 amide bonds. The van der Waals surface area contributed by atoms with E-state index in [4.69, 9.17) is 22.4 Å². The molecule has 0 aliphatic carbocycles. The molecule has 0 aliphatic rings. The highest BCUT2D eigenvalue weighted by molar-refractivity contribution is 7.90. The van der Waals surface area contributed by atoms with Crippen molar-refractivity contribution in [1.29, 1.82) is 0 Å². The third-order valence-electron chi connectivity index (χ3n) is 3.27.